The summed E-state index contributed by atoms with van der Waals surface area (Å²) in [5, 5.41) is 4.82. The summed E-state index contributed by atoms with van der Waals surface area (Å²) in [5.41, 5.74) is 7.93. The molecule has 0 atom stereocenters. The van der Waals surface area contributed by atoms with Gasteiger partial charge >= 0.3 is 0 Å². The number of halogens is 2. The molecule has 0 saturated heterocycles. The minimum absolute atomic E-state index is 0.131. The third kappa shape index (κ3) is 4.31. The highest BCUT2D eigenvalue weighted by atomic mass is 35.5. The van der Waals surface area contributed by atoms with Gasteiger partial charge in [0.1, 0.15) is 27.0 Å². The Bertz CT molecular complexity index is 1370. The molecule has 0 fully saturated rings. The molecule has 0 aliphatic carbocycles. The van der Waals surface area contributed by atoms with Crippen LogP contribution in [0.4, 0.5) is 4.39 Å². The van der Waals surface area contributed by atoms with E-state index in [1.54, 1.807) is 0 Å². The Kier molecular flexibility index (Phi) is 6.02. The first-order valence-electron chi connectivity index (χ1n) is 9.30. The number of benzene rings is 2. The number of fused-ring (bicyclic) bond motifs is 1. The van der Waals surface area contributed by atoms with E-state index in [1.807, 2.05) is 24.3 Å². The predicted molar refractivity (Wildman–Crippen MR) is 120 cm³/mol. The van der Waals surface area contributed by atoms with Gasteiger partial charge in [0, 0.05) is 6.54 Å². The van der Waals surface area contributed by atoms with Crippen molar-refractivity contribution in [1.82, 2.24) is 9.78 Å². The molecule has 2 aromatic carbocycles. The van der Waals surface area contributed by atoms with Crippen LogP contribution in [0.25, 0.3) is 10.9 Å². The SMILES string of the molecule is COc1ccc(F)c2c1c(CS(=O)(=O)c1ccc(Cl)s1)nn2Cc1cccc(CN)c1. The third-order valence-corrected chi connectivity index (χ3v) is 8.28. The van der Waals surface area contributed by atoms with E-state index in [1.165, 1.54) is 36.1 Å². The van der Waals surface area contributed by atoms with Crippen molar-refractivity contribution in [3.8, 4) is 5.75 Å². The van der Waals surface area contributed by atoms with Gasteiger partial charge in [-0.1, -0.05) is 35.9 Å². The van der Waals surface area contributed by atoms with Crippen molar-refractivity contribution in [3.05, 3.63) is 75.5 Å². The molecule has 0 aliphatic rings. The van der Waals surface area contributed by atoms with Gasteiger partial charge in [-0.25, -0.2) is 12.8 Å². The van der Waals surface area contributed by atoms with Crippen molar-refractivity contribution in [3.63, 3.8) is 0 Å². The Morgan fingerprint density at radius 2 is 1.97 bits per heavy atom. The van der Waals surface area contributed by atoms with Gasteiger partial charge in [-0.2, -0.15) is 5.10 Å². The normalized spacial score (nSPS) is 11.9. The summed E-state index contributed by atoms with van der Waals surface area (Å²) in [6.45, 7) is 0.627. The van der Waals surface area contributed by atoms with Gasteiger partial charge in [-0.05, 0) is 35.4 Å². The van der Waals surface area contributed by atoms with Gasteiger partial charge in [-0.3, -0.25) is 4.68 Å². The molecule has 0 aliphatic heterocycles. The van der Waals surface area contributed by atoms with Gasteiger partial charge in [0.25, 0.3) is 0 Å². The Balaban J connectivity index is 1.84. The van der Waals surface area contributed by atoms with Crippen LogP contribution in [0.2, 0.25) is 4.34 Å². The molecule has 0 bridgehead atoms. The van der Waals surface area contributed by atoms with Crippen molar-refractivity contribution < 1.29 is 17.5 Å². The van der Waals surface area contributed by atoms with E-state index < -0.39 is 21.4 Å². The van der Waals surface area contributed by atoms with Crippen molar-refractivity contribution in [2.45, 2.75) is 23.1 Å². The molecule has 10 heteroatoms. The number of nitrogens with zero attached hydrogens (tertiary/aromatic N) is 2. The van der Waals surface area contributed by atoms with Crippen molar-refractivity contribution in [1.29, 1.82) is 0 Å². The first kappa shape index (κ1) is 21.8. The summed E-state index contributed by atoms with van der Waals surface area (Å²) in [4.78, 5) is 0. The van der Waals surface area contributed by atoms with Gasteiger partial charge in [0.15, 0.2) is 9.84 Å². The molecule has 2 N–H and O–H groups in total. The number of ether oxygens (including phenoxy) is 1. The molecule has 2 heterocycles. The maximum absolute atomic E-state index is 14.9. The average molecular weight is 480 g/mol. The van der Waals surface area contributed by atoms with E-state index in [2.05, 4.69) is 5.10 Å². The first-order valence-corrected chi connectivity index (χ1v) is 12.1. The minimum Gasteiger partial charge on any atom is -0.496 e. The molecule has 0 amide bonds. The van der Waals surface area contributed by atoms with Gasteiger partial charge in [0.05, 0.1) is 29.1 Å². The number of aromatic nitrogens is 2. The quantitative estimate of drug-likeness (QED) is 0.425. The first-order chi connectivity index (χ1) is 14.8. The second-order valence-corrected chi connectivity index (χ2v) is 10.9. The van der Waals surface area contributed by atoms with Crippen LogP contribution in [-0.4, -0.2) is 25.3 Å². The minimum atomic E-state index is -3.73. The van der Waals surface area contributed by atoms with E-state index in [-0.39, 0.29) is 22.0 Å². The standard InChI is InChI=1S/C21H19ClFN3O3S2/c1-29-17-6-5-15(23)21-20(17)16(12-31(27,28)19-8-7-18(22)30-19)25-26(21)11-14-4-2-3-13(9-14)10-24/h2-9H,10-12,24H2,1H3. The lowest BCUT2D eigenvalue weighted by atomic mass is 10.1. The fourth-order valence-corrected chi connectivity index (χ4v) is 6.30. The van der Waals surface area contributed by atoms with Crippen LogP contribution in [0.3, 0.4) is 0 Å². The van der Waals surface area contributed by atoms with Crippen LogP contribution in [0, 0.1) is 5.82 Å². The Morgan fingerprint density at radius 3 is 2.65 bits per heavy atom. The molecule has 0 radical (unpaired) electrons. The number of sulfone groups is 1. The monoisotopic (exact) mass is 479 g/mol. The molecule has 31 heavy (non-hydrogen) atoms. The third-order valence-electron chi connectivity index (χ3n) is 4.84. The Morgan fingerprint density at radius 1 is 1.19 bits per heavy atom. The van der Waals surface area contributed by atoms with Crippen molar-refractivity contribution in [2.24, 2.45) is 5.73 Å². The van der Waals surface area contributed by atoms with Crippen LogP contribution in [0.1, 0.15) is 16.8 Å². The van der Waals surface area contributed by atoms with E-state index in [0.717, 1.165) is 22.5 Å². The number of thiophene rings is 1. The molecule has 6 nitrogen and oxygen atoms in total. The van der Waals surface area contributed by atoms with Crippen LogP contribution in [0.15, 0.2) is 52.7 Å². The second kappa shape index (κ2) is 8.58. The molecular weight excluding hydrogens is 461 g/mol. The highest BCUT2D eigenvalue weighted by Gasteiger charge is 2.25. The molecule has 162 valence electrons. The van der Waals surface area contributed by atoms with Crippen LogP contribution < -0.4 is 10.5 Å². The van der Waals surface area contributed by atoms with E-state index >= 15 is 0 Å². The zero-order chi connectivity index (χ0) is 22.2. The number of hydrogen-bond donors (Lipinski definition) is 1. The summed E-state index contributed by atoms with van der Waals surface area (Å²) in [6.07, 6.45) is 0. The Labute approximate surface area is 187 Å². The zero-order valence-corrected chi connectivity index (χ0v) is 18.9. The fraction of sp³-hybridized carbons (Fsp3) is 0.190. The summed E-state index contributed by atoms with van der Waals surface area (Å²) in [5.74, 6) is -0.565. The van der Waals surface area contributed by atoms with Gasteiger partial charge < -0.3 is 10.5 Å². The lowest BCUT2D eigenvalue weighted by Crippen LogP contribution is -2.07. The Hall–Kier alpha value is -2.46. The summed E-state index contributed by atoms with van der Waals surface area (Å²) in [7, 11) is -2.28. The maximum atomic E-state index is 14.9. The molecule has 4 rings (SSSR count). The molecule has 0 unspecified atom stereocenters. The molecule has 0 spiro atoms. The van der Waals surface area contributed by atoms with Crippen molar-refractivity contribution >= 4 is 43.7 Å². The van der Waals surface area contributed by atoms with Crippen LogP contribution in [-0.2, 0) is 28.7 Å². The highest BCUT2D eigenvalue weighted by Crippen LogP contribution is 2.34. The average Bonchev–Trinajstić information content (AvgIpc) is 3.33. The predicted octanol–water partition coefficient (Wildman–Crippen LogP) is 4.38. The number of rotatable bonds is 7. The summed E-state index contributed by atoms with van der Waals surface area (Å²) < 4.78 is 48.1. The lowest BCUT2D eigenvalue weighted by Gasteiger charge is -2.07. The van der Waals surface area contributed by atoms with Crippen molar-refractivity contribution in [2.75, 3.05) is 7.11 Å². The second-order valence-electron chi connectivity index (χ2n) is 6.92. The largest absolute Gasteiger partial charge is 0.496 e. The van der Waals surface area contributed by atoms with Crippen LogP contribution >= 0.6 is 22.9 Å². The summed E-state index contributed by atoms with van der Waals surface area (Å²) >= 11 is 6.88. The van der Waals surface area contributed by atoms with E-state index in [0.29, 0.717) is 22.0 Å². The maximum Gasteiger partial charge on any atom is 0.193 e. The van der Waals surface area contributed by atoms with E-state index in [9.17, 15) is 12.8 Å². The molecular formula is C21H19ClFN3O3S2. The van der Waals surface area contributed by atoms with Gasteiger partial charge in [0.2, 0.25) is 0 Å². The molecule has 2 aromatic heterocycles. The highest BCUT2D eigenvalue weighted by molar-refractivity contribution is 7.92. The summed E-state index contributed by atoms with van der Waals surface area (Å²) in [6, 6.07) is 13.3. The lowest BCUT2D eigenvalue weighted by molar-refractivity contribution is 0.419. The number of methoxy groups -OCH3 is 1. The number of hydrogen-bond acceptors (Lipinski definition) is 6. The van der Waals surface area contributed by atoms with Gasteiger partial charge in [-0.15, -0.1) is 11.3 Å². The molecule has 4 aromatic rings. The van der Waals surface area contributed by atoms with Crippen LogP contribution in [0.5, 0.6) is 5.75 Å². The van der Waals surface area contributed by atoms with E-state index in [4.69, 9.17) is 22.1 Å². The fourth-order valence-electron chi connectivity index (χ4n) is 3.45. The molecule has 0 saturated carbocycles. The topological polar surface area (TPSA) is 87.2 Å². The smallest absolute Gasteiger partial charge is 0.193 e. The zero-order valence-electron chi connectivity index (χ0n) is 16.5. The number of nitrogens with two attached hydrogens (primary N) is 1.